The van der Waals surface area contributed by atoms with E-state index in [2.05, 4.69) is 0 Å². The number of hydrogen-bond acceptors (Lipinski definition) is 3. The molecule has 0 saturated carbocycles. The maximum absolute atomic E-state index is 13.5. The third kappa shape index (κ3) is 3.67. The normalized spacial score (nSPS) is 20.8. The highest BCUT2D eigenvalue weighted by Crippen LogP contribution is 2.57. The smallest absolute Gasteiger partial charge is 0.410 e. The molecule has 1 spiro atoms. The van der Waals surface area contributed by atoms with Crippen molar-refractivity contribution < 1.29 is 14.3 Å². The number of β-lactam (4-membered cyclic amide) rings is 1. The molecule has 2 saturated heterocycles. The molecule has 4 rings (SSSR count). The van der Waals surface area contributed by atoms with E-state index in [-0.39, 0.29) is 18.0 Å². The molecule has 0 aromatic heterocycles. The van der Waals surface area contributed by atoms with Crippen LogP contribution in [0, 0.1) is 5.41 Å². The Morgan fingerprint density at radius 2 is 1.63 bits per heavy atom. The lowest BCUT2D eigenvalue weighted by Crippen LogP contribution is -2.67. The zero-order chi connectivity index (χ0) is 21.5. The number of likely N-dealkylation sites (tertiary alicyclic amines) is 1. The van der Waals surface area contributed by atoms with E-state index in [4.69, 9.17) is 16.3 Å². The number of rotatable bonds is 2. The monoisotopic (exact) mass is 426 g/mol. The lowest BCUT2D eigenvalue weighted by molar-refractivity contribution is -0.144. The number of carbonyl (C=O) groups excluding carboxylic acids is 2. The summed E-state index contributed by atoms with van der Waals surface area (Å²) in [4.78, 5) is 29.5. The van der Waals surface area contributed by atoms with Gasteiger partial charge < -0.3 is 14.5 Å². The first-order valence-electron chi connectivity index (χ1n) is 10.3. The van der Waals surface area contributed by atoms with E-state index < -0.39 is 11.0 Å². The van der Waals surface area contributed by atoms with Crippen molar-refractivity contribution >= 4 is 29.3 Å². The van der Waals surface area contributed by atoms with Crippen LogP contribution in [-0.2, 0) is 9.53 Å². The molecule has 1 unspecified atom stereocenters. The fourth-order valence-electron chi connectivity index (χ4n) is 4.53. The molecule has 2 fully saturated rings. The van der Waals surface area contributed by atoms with Crippen LogP contribution in [0.25, 0.3) is 0 Å². The molecular weight excluding hydrogens is 400 g/mol. The summed E-state index contributed by atoms with van der Waals surface area (Å²) in [5, 5.41) is 0.671. The molecule has 158 valence electrons. The van der Waals surface area contributed by atoms with Crippen molar-refractivity contribution in [3.8, 4) is 0 Å². The first kappa shape index (κ1) is 20.7. The van der Waals surface area contributed by atoms with E-state index in [0.29, 0.717) is 31.0 Å². The summed E-state index contributed by atoms with van der Waals surface area (Å²) in [7, 11) is 0. The fraction of sp³-hybridized carbons (Fsp3) is 0.417. The van der Waals surface area contributed by atoms with E-state index in [0.717, 1.165) is 11.3 Å². The number of halogens is 1. The van der Waals surface area contributed by atoms with Crippen LogP contribution in [0.3, 0.4) is 0 Å². The first-order valence-corrected chi connectivity index (χ1v) is 10.7. The molecule has 2 amide bonds. The van der Waals surface area contributed by atoms with Crippen molar-refractivity contribution in [3.05, 3.63) is 65.2 Å². The maximum atomic E-state index is 13.5. The largest absolute Gasteiger partial charge is 0.444 e. The highest BCUT2D eigenvalue weighted by atomic mass is 35.5. The summed E-state index contributed by atoms with van der Waals surface area (Å²) >= 11 is 6.10. The van der Waals surface area contributed by atoms with Crippen LogP contribution in [0.15, 0.2) is 54.6 Å². The van der Waals surface area contributed by atoms with E-state index >= 15 is 0 Å². The zero-order valence-corrected chi connectivity index (χ0v) is 18.4. The first-order chi connectivity index (χ1) is 14.2. The molecule has 0 aliphatic carbocycles. The Morgan fingerprint density at radius 1 is 1.03 bits per heavy atom. The summed E-state index contributed by atoms with van der Waals surface area (Å²) in [5.41, 5.74) is 0.910. The third-order valence-electron chi connectivity index (χ3n) is 5.95. The number of nitrogens with zero attached hydrogens (tertiary/aromatic N) is 2. The van der Waals surface area contributed by atoms with Crippen molar-refractivity contribution in [2.45, 2.75) is 45.3 Å². The van der Waals surface area contributed by atoms with Crippen molar-refractivity contribution in [1.29, 1.82) is 0 Å². The second-order valence-electron chi connectivity index (χ2n) is 9.09. The molecule has 5 nitrogen and oxygen atoms in total. The molecular formula is C24H27ClN2O3. The number of hydrogen-bond donors (Lipinski definition) is 0. The average molecular weight is 427 g/mol. The molecule has 1 atom stereocenters. The van der Waals surface area contributed by atoms with Gasteiger partial charge in [0.25, 0.3) is 0 Å². The molecule has 0 N–H and O–H groups in total. The van der Waals surface area contributed by atoms with Gasteiger partial charge in [-0.1, -0.05) is 41.9 Å². The Bertz CT molecular complexity index is 929. The van der Waals surface area contributed by atoms with Crippen LogP contribution >= 0.6 is 11.6 Å². The summed E-state index contributed by atoms with van der Waals surface area (Å²) in [6.07, 6.45) is 0.913. The van der Waals surface area contributed by atoms with Gasteiger partial charge in [-0.3, -0.25) is 4.79 Å². The predicted octanol–water partition coefficient (Wildman–Crippen LogP) is 5.45. The number of amides is 2. The summed E-state index contributed by atoms with van der Waals surface area (Å²) in [6.45, 7) is 6.60. The summed E-state index contributed by atoms with van der Waals surface area (Å²) < 4.78 is 5.52. The Balaban J connectivity index is 1.60. The van der Waals surface area contributed by atoms with Gasteiger partial charge in [-0.15, -0.1) is 0 Å². The van der Waals surface area contributed by atoms with Crippen LogP contribution < -0.4 is 4.90 Å². The molecule has 2 heterocycles. The molecule has 6 heteroatoms. The van der Waals surface area contributed by atoms with Crippen molar-refractivity contribution in [2.24, 2.45) is 5.41 Å². The lowest BCUT2D eigenvalue weighted by Gasteiger charge is -2.58. The number of anilines is 1. The summed E-state index contributed by atoms with van der Waals surface area (Å²) in [6, 6.07) is 17.4. The second kappa shape index (κ2) is 7.62. The van der Waals surface area contributed by atoms with Gasteiger partial charge >= 0.3 is 6.09 Å². The van der Waals surface area contributed by atoms with Gasteiger partial charge in [0.2, 0.25) is 5.91 Å². The summed E-state index contributed by atoms with van der Waals surface area (Å²) in [5.74, 6) is 0.123. The highest BCUT2D eigenvalue weighted by molar-refractivity contribution is 6.30. The second-order valence-corrected chi connectivity index (χ2v) is 9.52. The van der Waals surface area contributed by atoms with Crippen molar-refractivity contribution in [3.63, 3.8) is 0 Å². The SMILES string of the molecule is CC(C)(C)OC(=O)N1CCC2(CC1)C(=O)N(c1ccccc1)C2c1ccc(Cl)cc1. The lowest BCUT2D eigenvalue weighted by atomic mass is 9.62. The van der Waals surface area contributed by atoms with Crippen LogP contribution in [0.5, 0.6) is 0 Å². The number of carbonyl (C=O) groups is 2. The van der Waals surface area contributed by atoms with Crippen LogP contribution in [0.4, 0.5) is 10.5 Å². The van der Waals surface area contributed by atoms with Gasteiger partial charge in [0.05, 0.1) is 11.5 Å². The molecule has 30 heavy (non-hydrogen) atoms. The predicted molar refractivity (Wildman–Crippen MR) is 118 cm³/mol. The number of benzene rings is 2. The maximum Gasteiger partial charge on any atom is 0.410 e. The van der Waals surface area contributed by atoms with Gasteiger partial charge in [0, 0.05) is 23.8 Å². The van der Waals surface area contributed by atoms with Gasteiger partial charge in [-0.05, 0) is 63.4 Å². The number of ether oxygens (including phenoxy) is 1. The minimum Gasteiger partial charge on any atom is -0.444 e. The fourth-order valence-corrected chi connectivity index (χ4v) is 4.65. The Hall–Kier alpha value is -2.53. The molecule has 2 aromatic rings. The minimum absolute atomic E-state index is 0.0783. The van der Waals surface area contributed by atoms with Crippen LogP contribution in [0.1, 0.15) is 45.2 Å². The Morgan fingerprint density at radius 3 is 2.20 bits per heavy atom. The Labute approximate surface area is 182 Å². The molecule has 0 radical (unpaired) electrons. The van der Waals surface area contributed by atoms with E-state index in [1.165, 1.54) is 0 Å². The van der Waals surface area contributed by atoms with Gasteiger partial charge in [0.15, 0.2) is 0 Å². The van der Waals surface area contributed by atoms with E-state index in [1.54, 1.807) is 4.90 Å². The molecule has 2 aromatic carbocycles. The topological polar surface area (TPSA) is 49.9 Å². The van der Waals surface area contributed by atoms with Crippen molar-refractivity contribution in [1.82, 2.24) is 4.90 Å². The van der Waals surface area contributed by atoms with E-state index in [9.17, 15) is 9.59 Å². The molecule has 2 aliphatic heterocycles. The van der Waals surface area contributed by atoms with Crippen molar-refractivity contribution in [2.75, 3.05) is 18.0 Å². The quantitative estimate of drug-likeness (QED) is 0.600. The third-order valence-corrected chi connectivity index (χ3v) is 6.21. The number of para-hydroxylation sites is 1. The minimum atomic E-state index is -0.533. The zero-order valence-electron chi connectivity index (χ0n) is 17.6. The highest BCUT2D eigenvalue weighted by Gasteiger charge is 2.62. The molecule has 2 aliphatic rings. The Kier molecular flexibility index (Phi) is 5.27. The average Bonchev–Trinajstić information content (AvgIpc) is 2.72. The van der Waals surface area contributed by atoms with E-state index in [1.807, 2.05) is 80.3 Å². The van der Waals surface area contributed by atoms with Crippen LogP contribution in [-0.4, -0.2) is 35.6 Å². The van der Waals surface area contributed by atoms with Gasteiger partial charge in [0.1, 0.15) is 5.60 Å². The van der Waals surface area contributed by atoms with Gasteiger partial charge in [-0.25, -0.2) is 4.79 Å². The number of piperidine rings is 1. The standard InChI is InChI=1S/C24H27ClN2O3/c1-23(2,3)30-22(29)26-15-13-24(14-16-26)20(17-9-11-18(25)12-10-17)27(21(24)28)19-7-5-4-6-8-19/h4-12,20H,13-16H2,1-3H3. The van der Waals surface area contributed by atoms with Gasteiger partial charge in [-0.2, -0.15) is 0 Å². The molecule has 0 bridgehead atoms. The van der Waals surface area contributed by atoms with Crippen LogP contribution in [0.2, 0.25) is 5.02 Å².